The lowest BCUT2D eigenvalue weighted by molar-refractivity contribution is -0.150. The second kappa shape index (κ2) is 7.48. The van der Waals surface area contributed by atoms with Crippen LogP contribution in [0.25, 0.3) is 10.9 Å². The number of hydrogen-bond donors (Lipinski definition) is 1. The number of hydrogen-bond acceptors (Lipinski definition) is 4. The van der Waals surface area contributed by atoms with Crippen molar-refractivity contribution in [2.75, 3.05) is 7.11 Å². The molecular weight excluding hydrogens is 404 g/mol. The summed E-state index contributed by atoms with van der Waals surface area (Å²) in [5, 5.41) is 3.98. The third-order valence-electron chi connectivity index (χ3n) is 6.92. The molecule has 0 aliphatic heterocycles. The van der Waals surface area contributed by atoms with E-state index in [0.717, 1.165) is 22.9 Å². The predicted molar refractivity (Wildman–Crippen MR) is 120 cm³/mol. The van der Waals surface area contributed by atoms with Gasteiger partial charge >= 0.3 is 5.97 Å². The van der Waals surface area contributed by atoms with Crippen LogP contribution >= 0.6 is 0 Å². The lowest BCUT2D eigenvalue weighted by atomic mass is 9.71. The summed E-state index contributed by atoms with van der Waals surface area (Å²) in [5.74, 6) is -1.41. The van der Waals surface area contributed by atoms with Crippen molar-refractivity contribution in [1.82, 2.24) is 9.88 Å². The smallest absolute Gasteiger partial charge is 0.332 e. The monoisotopic (exact) mass is 428 g/mol. The van der Waals surface area contributed by atoms with Crippen molar-refractivity contribution >= 4 is 28.7 Å². The molecule has 162 valence electrons. The van der Waals surface area contributed by atoms with Crippen molar-refractivity contribution in [3.63, 3.8) is 0 Å². The van der Waals surface area contributed by atoms with Gasteiger partial charge in [0.25, 0.3) is 5.91 Å². The van der Waals surface area contributed by atoms with E-state index < -0.39 is 11.5 Å². The van der Waals surface area contributed by atoms with Crippen LogP contribution in [-0.4, -0.2) is 35.0 Å². The molecule has 1 saturated carbocycles. The first-order chi connectivity index (χ1) is 15.5. The van der Waals surface area contributed by atoms with Crippen LogP contribution in [0.15, 0.2) is 72.9 Å². The standard InChI is InChI=1S/C26H24N2O4/c1-16(29)28-15-21(20-10-6-7-11-22(20)28)23-18-12-13-19(14-18)26(23,25(31)32-2)27-24(30)17-8-4-3-5-9-17/h3-13,15,18-19,23H,14H2,1-2H3,(H,27,30)/t18-,19+,23-,26-/m0/s1. The van der Waals surface area contributed by atoms with Crippen molar-refractivity contribution in [3.05, 3.63) is 84.1 Å². The van der Waals surface area contributed by atoms with Gasteiger partial charge in [-0.15, -0.1) is 0 Å². The highest BCUT2D eigenvalue weighted by Gasteiger charge is 2.63. The topological polar surface area (TPSA) is 77.4 Å². The Morgan fingerprint density at radius 2 is 1.75 bits per heavy atom. The van der Waals surface area contributed by atoms with Crippen LogP contribution < -0.4 is 5.32 Å². The number of ether oxygens (including phenoxy) is 1. The number of rotatable bonds is 4. The molecule has 0 spiro atoms. The van der Waals surface area contributed by atoms with Gasteiger partial charge in [-0.1, -0.05) is 48.6 Å². The largest absolute Gasteiger partial charge is 0.467 e. The second-order valence-electron chi connectivity index (χ2n) is 8.54. The normalized spacial score (nSPS) is 25.8. The minimum atomic E-state index is -1.26. The first-order valence-corrected chi connectivity index (χ1v) is 10.7. The quantitative estimate of drug-likeness (QED) is 0.505. The Labute approximate surface area is 185 Å². The molecule has 4 atom stereocenters. The molecule has 0 unspecified atom stereocenters. The van der Waals surface area contributed by atoms with Crippen molar-refractivity contribution in [3.8, 4) is 0 Å². The Morgan fingerprint density at radius 1 is 1.03 bits per heavy atom. The fourth-order valence-electron chi connectivity index (χ4n) is 5.59. The molecule has 6 heteroatoms. The average molecular weight is 428 g/mol. The molecule has 2 aliphatic rings. The summed E-state index contributed by atoms with van der Waals surface area (Å²) in [6, 6.07) is 16.5. The zero-order valence-electron chi connectivity index (χ0n) is 17.9. The van der Waals surface area contributed by atoms with Gasteiger partial charge in [-0.25, -0.2) is 4.79 Å². The van der Waals surface area contributed by atoms with E-state index in [0.29, 0.717) is 5.56 Å². The van der Waals surface area contributed by atoms with Crippen LogP contribution in [0.1, 0.15) is 40.0 Å². The van der Waals surface area contributed by atoms with Gasteiger partial charge in [-0.2, -0.15) is 0 Å². The van der Waals surface area contributed by atoms with Gasteiger partial charge in [0.05, 0.1) is 12.6 Å². The molecule has 6 nitrogen and oxygen atoms in total. The first-order valence-electron chi connectivity index (χ1n) is 10.7. The maximum atomic E-state index is 13.4. The van der Waals surface area contributed by atoms with Gasteiger partial charge in [0.1, 0.15) is 0 Å². The molecule has 1 aromatic heterocycles. The van der Waals surface area contributed by atoms with E-state index in [4.69, 9.17) is 4.74 Å². The fourth-order valence-corrected chi connectivity index (χ4v) is 5.59. The van der Waals surface area contributed by atoms with Gasteiger partial charge in [-0.05, 0) is 36.1 Å². The lowest BCUT2D eigenvalue weighted by Gasteiger charge is -2.40. The van der Waals surface area contributed by atoms with E-state index in [2.05, 4.69) is 11.4 Å². The minimum Gasteiger partial charge on any atom is -0.467 e. The molecule has 3 aromatic rings. The molecule has 0 saturated heterocycles. The van der Waals surface area contributed by atoms with E-state index in [9.17, 15) is 14.4 Å². The molecular formula is C26H24N2O4. The number of carbonyl (C=O) groups is 3. The number of nitrogens with one attached hydrogen (secondary N) is 1. The number of allylic oxidation sites excluding steroid dienone is 1. The number of benzene rings is 2. The van der Waals surface area contributed by atoms with Crippen LogP contribution in [0, 0.1) is 11.8 Å². The van der Waals surface area contributed by atoms with Crippen molar-refractivity contribution < 1.29 is 19.1 Å². The third kappa shape index (κ3) is 2.83. The maximum Gasteiger partial charge on any atom is 0.332 e. The number of esters is 1. The van der Waals surface area contributed by atoms with Gasteiger partial charge < -0.3 is 10.1 Å². The van der Waals surface area contributed by atoms with Crippen LogP contribution in [0.3, 0.4) is 0 Å². The molecule has 1 heterocycles. The van der Waals surface area contributed by atoms with Gasteiger partial charge in [0, 0.05) is 35.9 Å². The van der Waals surface area contributed by atoms with Crippen LogP contribution in [0.5, 0.6) is 0 Å². The highest BCUT2D eigenvalue weighted by Crippen LogP contribution is 2.57. The Hall–Kier alpha value is -3.67. The van der Waals surface area contributed by atoms with E-state index in [1.54, 1.807) is 28.8 Å². The molecule has 1 amide bonds. The molecule has 32 heavy (non-hydrogen) atoms. The van der Waals surface area contributed by atoms with Gasteiger partial charge in [0.15, 0.2) is 5.54 Å². The van der Waals surface area contributed by atoms with E-state index >= 15 is 0 Å². The number of fused-ring (bicyclic) bond motifs is 3. The van der Waals surface area contributed by atoms with Crippen molar-refractivity contribution in [2.24, 2.45) is 11.8 Å². The Bertz CT molecular complexity index is 1260. The van der Waals surface area contributed by atoms with Gasteiger partial charge in [0.2, 0.25) is 5.91 Å². The van der Waals surface area contributed by atoms with Crippen LogP contribution in [0.4, 0.5) is 0 Å². The van der Waals surface area contributed by atoms with E-state index in [-0.39, 0.29) is 29.6 Å². The highest BCUT2D eigenvalue weighted by atomic mass is 16.5. The minimum absolute atomic E-state index is 0.0430. The highest BCUT2D eigenvalue weighted by molar-refractivity contribution is 6.00. The van der Waals surface area contributed by atoms with E-state index in [1.807, 2.05) is 42.6 Å². The third-order valence-corrected chi connectivity index (χ3v) is 6.92. The second-order valence-corrected chi connectivity index (χ2v) is 8.54. The fraction of sp³-hybridized carbons (Fsp3) is 0.269. The summed E-state index contributed by atoms with van der Waals surface area (Å²) in [6.07, 6.45) is 6.67. The van der Waals surface area contributed by atoms with Crippen LogP contribution in [0.2, 0.25) is 0 Å². The number of carbonyl (C=O) groups excluding carboxylic acids is 3. The van der Waals surface area contributed by atoms with Gasteiger partial charge in [-0.3, -0.25) is 14.2 Å². The SMILES string of the molecule is COC(=O)[C@]1(NC(=O)c2ccccc2)[C@@H]2C=C[C@@H](C2)[C@H]1c1cn(C(C)=O)c2ccccc12. The summed E-state index contributed by atoms with van der Waals surface area (Å²) in [7, 11) is 1.35. The molecule has 1 N–H and O–H groups in total. The molecule has 2 aliphatic carbocycles. The first kappa shape index (κ1) is 20.2. The summed E-state index contributed by atoms with van der Waals surface area (Å²) in [4.78, 5) is 39.0. The van der Waals surface area contributed by atoms with Crippen molar-refractivity contribution in [2.45, 2.75) is 24.8 Å². The number of nitrogens with zero attached hydrogens (tertiary/aromatic N) is 1. The predicted octanol–water partition coefficient (Wildman–Crippen LogP) is 3.93. The zero-order valence-corrected chi connectivity index (χ0v) is 17.9. The summed E-state index contributed by atoms with van der Waals surface area (Å²) in [5.41, 5.74) is 0.876. The van der Waals surface area contributed by atoms with Crippen molar-refractivity contribution in [1.29, 1.82) is 0 Å². The number of methoxy groups -OCH3 is 1. The zero-order chi connectivity index (χ0) is 22.5. The molecule has 2 aromatic carbocycles. The van der Waals surface area contributed by atoms with E-state index in [1.165, 1.54) is 14.0 Å². The van der Waals surface area contributed by atoms with Crippen LogP contribution in [-0.2, 0) is 9.53 Å². The summed E-state index contributed by atoms with van der Waals surface area (Å²) < 4.78 is 6.90. The number of amides is 1. The Balaban J connectivity index is 1.70. The molecule has 0 radical (unpaired) electrons. The molecule has 1 fully saturated rings. The number of aromatic nitrogens is 1. The average Bonchev–Trinajstić information content (AvgIpc) is 3.51. The molecule has 5 rings (SSSR count). The molecule has 2 bridgehead atoms. The Morgan fingerprint density at radius 3 is 2.47 bits per heavy atom. The summed E-state index contributed by atoms with van der Waals surface area (Å²) >= 11 is 0. The number of para-hydroxylation sites is 1. The summed E-state index contributed by atoms with van der Waals surface area (Å²) in [6.45, 7) is 1.52. The maximum absolute atomic E-state index is 13.4. The Kier molecular flexibility index (Phi) is 4.73. The lowest BCUT2D eigenvalue weighted by Crippen LogP contribution is -2.61.